The van der Waals surface area contributed by atoms with Crippen LogP contribution in [-0.2, 0) is 9.53 Å². The van der Waals surface area contributed by atoms with Crippen LogP contribution >= 0.6 is 11.3 Å². The first-order valence-corrected chi connectivity index (χ1v) is 11.9. The van der Waals surface area contributed by atoms with Crippen molar-refractivity contribution in [3.8, 4) is 11.1 Å². The highest BCUT2D eigenvalue weighted by molar-refractivity contribution is 7.17. The molecule has 34 heavy (non-hydrogen) atoms. The molecule has 0 saturated carbocycles. The molecule has 3 aromatic heterocycles. The molecule has 0 radical (unpaired) electrons. The minimum absolute atomic E-state index is 0.0375. The van der Waals surface area contributed by atoms with E-state index in [9.17, 15) is 9.59 Å². The van der Waals surface area contributed by atoms with Crippen LogP contribution in [0.2, 0.25) is 0 Å². The fourth-order valence-electron chi connectivity index (χ4n) is 3.65. The van der Waals surface area contributed by atoms with E-state index in [0.29, 0.717) is 60.7 Å². The lowest BCUT2D eigenvalue weighted by Gasteiger charge is -2.27. The van der Waals surface area contributed by atoms with Gasteiger partial charge in [-0.1, -0.05) is 19.1 Å². The number of ether oxygens (including phenoxy) is 1. The molecule has 0 spiro atoms. The number of aromatic nitrogens is 2. The molecule has 1 aliphatic rings. The maximum atomic E-state index is 12.7. The number of morpholine rings is 1. The molecule has 1 aliphatic heterocycles. The van der Waals surface area contributed by atoms with E-state index in [1.165, 1.54) is 11.3 Å². The Morgan fingerprint density at radius 2 is 1.97 bits per heavy atom. The highest BCUT2D eigenvalue weighted by atomic mass is 32.1. The van der Waals surface area contributed by atoms with Gasteiger partial charge in [-0.25, -0.2) is 4.98 Å². The average Bonchev–Trinajstić information content (AvgIpc) is 3.30. The summed E-state index contributed by atoms with van der Waals surface area (Å²) in [6, 6.07) is 10.9. The van der Waals surface area contributed by atoms with Crippen LogP contribution in [0.5, 0.6) is 0 Å². The summed E-state index contributed by atoms with van der Waals surface area (Å²) in [5.41, 5.74) is 3.16. The van der Waals surface area contributed by atoms with Gasteiger partial charge in [-0.15, -0.1) is 11.3 Å². The monoisotopic (exact) mass is 477 g/mol. The predicted octanol–water partition coefficient (Wildman–Crippen LogP) is 4.24. The molecule has 1 amide bonds. The molecule has 0 bridgehead atoms. The van der Waals surface area contributed by atoms with Gasteiger partial charge in [0.2, 0.25) is 17.3 Å². The summed E-state index contributed by atoms with van der Waals surface area (Å²) in [4.78, 5) is 34.9. The zero-order valence-electron chi connectivity index (χ0n) is 18.5. The van der Waals surface area contributed by atoms with Gasteiger partial charge < -0.3 is 24.7 Å². The molecule has 1 fully saturated rings. The first-order chi connectivity index (χ1) is 16.6. The Morgan fingerprint density at radius 3 is 2.74 bits per heavy atom. The van der Waals surface area contributed by atoms with Crippen LogP contribution in [0, 0.1) is 0 Å². The van der Waals surface area contributed by atoms with Crippen LogP contribution in [0.3, 0.4) is 0 Å². The van der Waals surface area contributed by atoms with Crippen LogP contribution in [0.4, 0.5) is 23.3 Å². The Balaban J connectivity index is 1.39. The fourth-order valence-corrected chi connectivity index (χ4v) is 4.56. The van der Waals surface area contributed by atoms with Crippen molar-refractivity contribution in [3.05, 3.63) is 58.2 Å². The maximum Gasteiger partial charge on any atom is 0.229 e. The second-order valence-corrected chi connectivity index (χ2v) is 8.61. The average molecular weight is 478 g/mol. The number of benzene rings is 1. The minimum atomic E-state index is -0.111. The first kappa shape index (κ1) is 22.1. The molecule has 174 valence electrons. The Hall–Kier alpha value is -3.76. The van der Waals surface area contributed by atoms with Gasteiger partial charge in [0.05, 0.1) is 13.2 Å². The fraction of sp³-hybridized carbons (Fsp3) is 0.250. The van der Waals surface area contributed by atoms with E-state index in [-0.39, 0.29) is 11.3 Å². The Kier molecular flexibility index (Phi) is 6.24. The summed E-state index contributed by atoms with van der Waals surface area (Å²) < 4.78 is 12.2. The van der Waals surface area contributed by atoms with Gasteiger partial charge >= 0.3 is 0 Å². The lowest BCUT2D eigenvalue weighted by atomic mass is 10.1. The van der Waals surface area contributed by atoms with Crippen molar-refractivity contribution in [2.75, 3.05) is 41.8 Å². The van der Waals surface area contributed by atoms with Crippen LogP contribution < -0.4 is 21.0 Å². The Labute approximate surface area is 199 Å². The topological polar surface area (TPSA) is 110 Å². The summed E-state index contributed by atoms with van der Waals surface area (Å²) in [5.74, 6) is 1.28. The molecule has 10 heteroatoms. The van der Waals surface area contributed by atoms with E-state index in [4.69, 9.17) is 9.15 Å². The highest BCUT2D eigenvalue weighted by Crippen LogP contribution is 2.35. The van der Waals surface area contributed by atoms with Crippen molar-refractivity contribution in [2.24, 2.45) is 0 Å². The number of carbonyl (C=O) groups is 1. The second kappa shape index (κ2) is 9.62. The molecule has 2 N–H and O–H groups in total. The second-order valence-electron chi connectivity index (χ2n) is 7.73. The van der Waals surface area contributed by atoms with Crippen molar-refractivity contribution in [2.45, 2.75) is 13.3 Å². The molecule has 9 nitrogen and oxygen atoms in total. The molecule has 1 aromatic carbocycles. The summed E-state index contributed by atoms with van der Waals surface area (Å²) in [5, 5.41) is 7.81. The molecule has 0 unspecified atom stereocenters. The smallest absolute Gasteiger partial charge is 0.229 e. The summed E-state index contributed by atoms with van der Waals surface area (Å²) >= 11 is 1.39. The van der Waals surface area contributed by atoms with Crippen LogP contribution in [0.1, 0.15) is 13.3 Å². The van der Waals surface area contributed by atoms with Gasteiger partial charge in [0, 0.05) is 48.4 Å². The first-order valence-electron chi connectivity index (χ1n) is 11.0. The SMILES string of the molecule is CCC(=O)Nc1ccnc(Nc2ccc(-c3csc4c(=O)cc(N5CCOCC5)oc34)cc2)n1. The van der Waals surface area contributed by atoms with Crippen LogP contribution in [0.15, 0.2) is 57.2 Å². The number of rotatable bonds is 6. The van der Waals surface area contributed by atoms with E-state index in [2.05, 4.69) is 20.6 Å². The summed E-state index contributed by atoms with van der Waals surface area (Å²) in [6.45, 7) is 4.40. The maximum absolute atomic E-state index is 12.7. The van der Waals surface area contributed by atoms with Crippen molar-refractivity contribution in [1.29, 1.82) is 0 Å². The zero-order chi connectivity index (χ0) is 23.5. The van der Waals surface area contributed by atoms with Crippen molar-refractivity contribution in [3.63, 3.8) is 0 Å². The van der Waals surface area contributed by atoms with E-state index in [1.807, 2.05) is 34.5 Å². The van der Waals surface area contributed by atoms with Gasteiger partial charge in [-0.3, -0.25) is 9.59 Å². The highest BCUT2D eigenvalue weighted by Gasteiger charge is 2.18. The molecular formula is C24H23N5O4S. The number of hydrogen-bond acceptors (Lipinski definition) is 9. The molecule has 1 saturated heterocycles. The van der Waals surface area contributed by atoms with Crippen molar-refractivity contribution >= 4 is 50.9 Å². The molecule has 4 aromatic rings. The quantitative estimate of drug-likeness (QED) is 0.424. The normalized spacial score (nSPS) is 13.7. The molecular weight excluding hydrogens is 454 g/mol. The Bertz CT molecular complexity index is 1380. The largest absolute Gasteiger partial charge is 0.439 e. The van der Waals surface area contributed by atoms with E-state index >= 15 is 0 Å². The molecule has 4 heterocycles. The van der Waals surface area contributed by atoms with E-state index in [1.54, 1.807) is 25.3 Å². The number of fused-ring (bicyclic) bond motifs is 1. The minimum Gasteiger partial charge on any atom is -0.439 e. The molecule has 0 aliphatic carbocycles. The lowest BCUT2D eigenvalue weighted by Crippen LogP contribution is -2.36. The number of carbonyl (C=O) groups excluding carboxylic acids is 1. The number of hydrogen-bond donors (Lipinski definition) is 2. The third kappa shape index (κ3) is 4.63. The third-order valence-corrected chi connectivity index (χ3v) is 6.43. The standard InChI is InChI=1S/C24H23N5O4S/c1-2-20(31)27-19-7-8-25-24(28-19)26-16-5-3-15(4-6-16)17-14-34-23-18(30)13-21(33-22(17)23)29-9-11-32-12-10-29/h3-8,13-14H,2,9-12H2,1H3,(H2,25,26,27,28,31). The van der Waals surface area contributed by atoms with E-state index < -0.39 is 0 Å². The lowest BCUT2D eigenvalue weighted by molar-refractivity contribution is -0.115. The number of amides is 1. The number of anilines is 4. The number of thiophene rings is 1. The van der Waals surface area contributed by atoms with Crippen LogP contribution in [-0.4, -0.2) is 42.2 Å². The molecule has 0 atom stereocenters. The van der Waals surface area contributed by atoms with Crippen molar-refractivity contribution < 1.29 is 13.9 Å². The van der Waals surface area contributed by atoms with Crippen LogP contribution in [0.25, 0.3) is 21.4 Å². The van der Waals surface area contributed by atoms with Gasteiger partial charge in [0.15, 0.2) is 11.5 Å². The number of nitrogens with one attached hydrogen (secondary N) is 2. The van der Waals surface area contributed by atoms with Gasteiger partial charge in [0.25, 0.3) is 0 Å². The predicted molar refractivity (Wildman–Crippen MR) is 133 cm³/mol. The van der Waals surface area contributed by atoms with Crippen molar-refractivity contribution in [1.82, 2.24) is 9.97 Å². The zero-order valence-corrected chi connectivity index (χ0v) is 19.4. The Morgan fingerprint density at radius 1 is 1.18 bits per heavy atom. The van der Waals surface area contributed by atoms with Gasteiger partial charge in [0.1, 0.15) is 10.5 Å². The summed E-state index contributed by atoms with van der Waals surface area (Å²) in [6.07, 6.45) is 1.96. The van der Waals surface area contributed by atoms with Gasteiger partial charge in [-0.2, -0.15) is 4.98 Å². The summed E-state index contributed by atoms with van der Waals surface area (Å²) in [7, 11) is 0. The van der Waals surface area contributed by atoms with Gasteiger partial charge in [-0.05, 0) is 23.8 Å². The third-order valence-electron chi connectivity index (χ3n) is 5.45. The van der Waals surface area contributed by atoms with E-state index in [0.717, 1.165) is 16.8 Å². The molecule has 5 rings (SSSR count). The number of nitrogens with zero attached hydrogens (tertiary/aromatic N) is 3.